The lowest BCUT2D eigenvalue weighted by Gasteiger charge is -2.28. The highest BCUT2D eigenvalue weighted by Gasteiger charge is 2.23. The molecule has 0 N–H and O–H groups in total. The maximum Gasteiger partial charge on any atom is 0.339 e. The molecule has 1 aliphatic rings. The number of methoxy groups -OCH3 is 1. The van der Waals surface area contributed by atoms with Crippen molar-refractivity contribution >= 4 is 23.1 Å². The summed E-state index contributed by atoms with van der Waals surface area (Å²) in [6.07, 6.45) is 2.55. The summed E-state index contributed by atoms with van der Waals surface area (Å²) in [4.78, 5) is 37.0. The molecule has 3 rings (SSSR count). The lowest BCUT2D eigenvalue weighted by Crippen LogP contribution is -2.37. The number of carbonyl (C=O) groups is 2. The number of ether oxygens (including phenoxy) is 1. The molecule has 1 amide bonds. The summed E-state index contributed by atoms with van der Waals surface area (Å²) in [5, 5.41) is 20.8. The number of nitro groups is 1. The number of nitriles is 1. The topological polar surface area (TPSA) is 114 Å². The van der Waals surface area contributed by atoms with Crippen LogP contribution in [0.3, 0.4) is 0 Å². The molecule has 8 heteroatoms. The van der Waals surface area contributed by atoms with Gasteiger partial charge in [0.25, 0.3) is 5.69 Å². The summed E-state index contributed by atoms with van der Waals surface area (Å²) < 4.78 is 4.89. The molecular formula is C24H23N3O5. The number of carbonyl (C=O) groups excluding carboxylic acids is 2. The van der Waals surface area contributed by atoms with E-state index in [9.17, 15) is 25.0 Å². The van der Waals surface area contributed by atoms with E-state index in [-0.39, 0.29) is 28.6 Å². The first-order valence-electron chi connectivity index (χ1n) is 10.2. The standard InChI is InChI=1S/C24H23N3O5/c1-15(2)23(28)26-10-8-16(9-11-26)18-12-20(17-4-6-19(7-5-17)27(30)31)22(14-25)21(13-18)24(29)32-3/h4-8,12-13,15H,9-11H2,1-3H3. The molecule has 0 saturated heterocycles. The van der Waals surface area contributed by atoms with Gasteiger partial charge in [0.1, 0.15) is 6.07 Å². The van der Waals surface area contributed by atoms with Crippen LogP contribution in [-0.4, -0.2) is 41.9 Å². The number of esters is 1. The second-order valence-corrected chi connectivity index (χ2v) is 7.77. The zero-order valence-corrected chi connectivity index (χ0v) is 18.1. The number of hydrogen-bond acceptors (Lipinski definition) is 6. The molecule has 0 unspecified atom stereocenters. The average molecular weight is 433 g/mol. The van der Waals surface area contributed by atoms with Gasteiger partial charge in [-0.3, -0.25) is 14.9 Å². The Morgan fingerprint density at radius 2 is 1.88 bits per heavy atom. The third-order valence-corrected chi connectivity index (χ3v) is 5.43. The SMILES string of the molecule is COC(=O)c1cc(C2=CCN(C(=O)C(C)C)CC2)cc(-c2ccc([N+](=O)[O-])cc2)c1C#N. The summed E-state index contributed by atoms with van der Waals surface area (Å²) in [5.41, 5.74) is 2.96. The Morgan fingerprint density at radius 1 is 1.19 bits per heavy atom. The fourth-order valence-electron chi connectivity index (χ4n) is 3.71. The first kappa shape index (κ1) is 22.7. The van der Waals surface area contributed by atoms with Crippen molar-refractivity contribution in [3.63, 3.8) is 0 Å². The third-order valence-electron chi connectivity index (χ3n) is 5.43. The van der Waals surface area contributed by atoms with Crippen LogP contribution in [-0.2, 0) is 9.53 Å². The first-order valence-corrected chi connectivity index (χ1v) is 10.2. The number of amides is 1. The Kier molecular flexibility index (Phi) is 6.69. The Balaban J connectivity index is 2.09. The number of nitro benzene ring substituents is 1. The van der Waals surface area contributed by atoms with Crippen molar-refractivity contribution in [3.05, 3.63) is 69.3 Å². The van der Waals surface area contributed by atoms with Crippen molar-refractivity contribution in [2.45, 2.75) is 20.3 Å². The zero-order chi connectivity index (χ0) is 23.4. The van der Waals surface area contributed by atoms with E-state index in [4.69, 9.17) is 4.74 Å². The van der Waals surface area contributed by atoms with Crippen LogP contribution in [0, 0.1) is 27.4 Å². The van der Waals surface area contributed by atoms with E-state index in [1.54, 1.807) is 29.2 Å². The van der Waals surface area contributed by atoms with Crippen LogP contribution in [0.25, 0.3) is 16.7 Å². The molecule has 1 heterocycles. The summed E-state index contributed by atoms with van der Waals surface area (Å²) >= 11 is 0. The lowest BCUT2D eigenvalue weighted by atomic mass is 9.89. The minimum atomic E-state index is -0.639. The largest absolute Gasteiger partial charge is 0.465 e. The summed E-state index contributed by atoms with van der Waals surface area (Å²) in [5.74, 6) is -0.638. The van der Waals surface area contributed by atoms with E-state index in [1.807, 2.05) is 19.9 Å². The summed E-state index contributed by atoms with van der Waals surface area (Å²) in [6.45, 7) is 4.75. The second-order valence-electron chi connectivity index (χ2n) is 7.77. The minimum absolute atomic E-state index is 0.0681. The van der Waals surface area contributed by atoms with Gasteiger partial charge in [-0.15, -0.1) is 0 Å². The number of rotatable bonds is 5. The Bertz CT molecular complexity index is 1140. The molecule has 0 saturated carbocycles. The quantitative estimate of drug-likeness (QED) is 0.397. The highest BCUT2D eigenvalue weighted by Crippen LogP contribution is 2.33. The van der Waals surface area contributed by atoms with Crippen LogP contribution in [0.15, 0.2) is 42.5 Å². The van der Waals surface area contributed by atoms with Crippen LogP contribution in [0.1, 0.15) is 41.8 Å². The van der Waals surface area contributed by atoms with Crippen molar-refractivity contribution in [1.82, 2.24) is 4.90 Å². The van der Waals surface area contributed by atoms with Gasteiger partial charge >= 0.3 is 5.97 Å². The van der Waals surface area contributed by atoms with Crippen LogP contribution in [0.5, 0.6) is 0 Å². The van der Waals surface area contributed by atoms with E-state index in [2.05, 4.69) is 6.07 Å². The van der Waals surface area contributed by atoms with Gasteiger partial charge in [0, 0.05) is 36.7 Å². The van der Waals surface area contributed by atoms with Gasteiger partial charge in [0.15, 0.2) is 0 Å². The Hall–Kier alpha value is -3.99. The molecule has 0 bridgehead atoms. The smallest absolute Gasteiger partial charge is 0.339 e. The fourth-order valence-corrected chi connectivity index (χ4v) is 3.71. The number of benzene rings is 2. The van der Waals surface area contributed by atoms with Gasteiger partial charge in [-0.05, 0) is 47.4 Å². The Labute approximate surface area is 185 Å². The molecule has 0 aromatic heterocycles. The summed E-state index contributed by atoms with van der Waals surface area (Å²) in [6, 6.07) is 11.3. The molecular weight excluding hydrogens is 410 g/mol. The summed E-state index contributed by atoms with van der Waals surface area (Å²) in [7, 11) is 1.25. The predicted molar refractivity (Wildman–Crippen MR) is 119 cm³/mol. The van der Waals surface area contributed by atoms with Gasteiger partial charge in [-0.2, -0.15) is 5.26 Å². The van der Waals surface area contributed by atoms with Crippen LogP contribution in [0.2, 0.25) is 0 Å². The average Bonchev–Trinajstić information content (AvgIpc) is 2.82. The molecule has 0 radical (unpaired) electrons. The van der Waals surface area contributed by atoms with Crippen LogP contribution >= 0.6 is 0 Å². The van der Waals surface area contributed by atoms with Crippen molar-refractivity contribution in [3.8, 4) is 17.2 Å². The van der Waals surface area contributed by atoms with Gasteiger partial charge in [0.2, 0.25) is 5.91 Å². The van der Waals surface area contributed by atoms with E-state index in [0.29, 0.717) is 30.6 Å². The van der Waals surface area contributed by atoms with Gasteiger partial charge < -0.3 is 9.64 Å². The van der Waals surface area contributed by atoms with Crippen molar-refractivity contribution < 1.29 is 19.2 Å². The molecule has 164 valence electrons. The fraction of sp³-hybridized carbons (Fsp3) is 0.292. The first-order chi connectivity index (χ1) is 15.3. The lowest BCUT2D eigenvalue weighted by molar-refractivity contribution is -0.384. The second kappa shape index (κ2) is 9.43. The highest BCUT2D eigenvalue weighted by atomic mass is 16.6. The maximum atomic E-state index is 12.4. The van der Waals surface area contributed by atoms with Crippen LogP contribution in [0.4, 0.5) is 5.69 Å². The molecule has 8 nitrogen and oxygen atoms in total. The van der Waals surface area contributed by atoms with E-state index in [1.165, 1.54) is 19.2 Å². The number of nitrogens with zero attached hydrogens (tertiary/aromatic N) is 3. The van der Waals surface area contributed by atoms with Crippen LogP contribution < -0.4 is 0 Å². The molecule has 1 aliphatic heterocycles. The van der Waals surface area contributed by atoms with Crippen molar-refractivity contribution in [2.75, 3.05) is 20.2 Å². The molecule has 0 atom stereocenters. The van der Waals surface area contributed by atoms with Crippen molar-refractivity contribution in [1.29, 1.82) is 5.26 Å². The van der Waals surface area contributed by atoms with Gasteiger partial charge in [0.05, 0.1) is 23.2 Å². The van der Waals surface area contributed by atoms with Gasteiger partial charge in [-0.25, -0.2) is 4.79 Å². The predicted octanol–water partition coefficient (Wildman–Crippen LogP) is 4.19. The van der Waals surface area contributed by atoms with Crippen molar-refractivity contribution in [2.24, 2.45) is 5.92 Å². The maximum absolute atomic E-state index is 12.4. The van der Waals surface area contributed by atoms with E-state index in [0.717, 1.165) is 11.1 Å². The number of non-ortho nitro benzene ring substituents is 1. The number of hydrogen-bond donors (Lipinski definition) is 0. The molecule has 32 heavy (non-hydrogen) atoms. The highest BCUT2D eigenvalue weighted by molar-refractivity contribution is 5.97. The molecule has 0 spiro atoms. The van der Waals surface area contributed by atoms with E-state index < -0.39 is 10.9 Å². The molecule has 2 aromatic rings. The van der Waals surface area contributed by atoms with Gasteiger partial charge in [-0.1, -0.05) is 19.9 Å². The molecule has 0 fully saturated rings. The monoisotopic (exact) mass is 433 g/mol. The normalized spacial score (nSPS) is 13.3. The molecule has 0 aliphatic carbocycles. The zero-order valence-electron chi connectivity index (χ0n) is 18.1. The minimum Gasteiger partial charge on any atom is -0.465 e. The van der Waals surface area contributed by atoms with E-state index >= 15 is 0 Å². The molecule has 2 aromatic carbocycles. The third kappa shape index (κ3) is 4.52. The Morgan fingerprint density at radius 3 is 2.38 bits per heavy atom.